The number of likely N-dealkylation sites (N-methyl/N-ethyl adjacent to an activating group) is 3. The number of nitrogens with one attached hydrogen (secondary N) is 3. The Labute approximate surface area is 73.6 Å². The van der Waals surface area contributed by atoms with E-state index in [1.54, 1.807) is 14.1 Å². The number of hydrogen-bond acceptors (Lipinski definition) is 3. The van der Waals surface area contributed by atoms with E-state index in [4.69, 9.17) is 11.7 Å². The van der Waals surface area contributed by atoms with Gasteiger partial charge in [0.25, 0.3) is 0 Å². The van der Waals surface area contributed by atoms with Crippen LogP contribution in [0.2, 0.25) is 0 Å². The molecule has 72 valence electrons. The Bertz CT molecular complexity index is 159. The van der Waals surface area contributed by atoms with Gasteiger partial charge in [0.1, 0.15) is 0 Å². The van der Waals surface area contributed by atoms with Crippen LogP contribution in [0.5, 0.6) is 0 Å². The first-order chi connectivity index (χ1) is 5.49. The Kier molecular flexibility index (Phi) is 2.42. The van der Waals surface area contributed by atoms with Gasteiger partial charge in [0.2, 0.25) is 0 Å². The van der Waals surface area contributed by atoms with Crippen molar-refractivity contribution < 1.29 is 0 Å². The predicted octanol–water partition coefficient (Wildman–Crippen LogP) is 0.718. The highest BCUT2D eigenvalue weighted by atomic mass is 15.6. The normalized spacial score (nSPS) is 33.0. The van der Waals surface area contributed by atoms with E-state index in [1.165, 1.54) is 10.0 Å². The summed E-state index contributed by atoms with van der Waals surface area (Å²) in [4.78, 5) is 0. The molecule has 0 spiro atoms. The quantitative estimate of drug-likeness (QED) is 0.502. The molecule has 1 fully saturated rings. The van der Waals surface area contributed by atoms with Gasteiger partial charge in [-0.1, -0.05) is 6.92 Å². The van der Waals surface area contributed by atoms with Crippen LogP contribution in [0.4, 0.5) is 0 Å². The van der Waals surface area contributed by atoms with E-state index < -0.39 is 5.66 Å². The molecule has 1 saturated carbocycles. The Hall–Kier alpha value is -0.200. The van der Waals surface area contributed by atoms with Crippen molar-refractivity contribution in [2.45, 2.75) is 18.6 Å². The summed E-state index contributed by atoms with van der Waals surface area (Å²) in [5, 5.41) is 5.85. The van der Waals surface area contributed by atoms with Crippen LogP contribution in [0.3, 0.4) is 0 Å². The van der Waals surface area contributed by atoms with Crippen LogP contribution in [0.25, 0.3) is 11.7 Å². The molecule has 5 nitrogen and oxygen atoms in total. The van der Waals surface area contributed by atoms with E-state index in [-0.39, 0.29) is 6.04 Å². The molecule has 0 bridgehead atoms. The molecular weight excluding hydrogens is 154 g/mol. The smallest absolute Gasteiger partial charge is 0.0601 e. The third kappa shape index (κ3) is 0.982. The highest BCUT2D eigenvalue weighted by Crippen LogP contribution is 2.49. The standard InChI is InChI=1S/C7H17N5/c1-5-6(10-2)7(5,11(3)8)12(4)9/h5-6,8-10H,1-4H3/q-2. The van der Waals surface area contributed by atoms with Gasteiger partial charge in [-0.15, -0.1) is 0 Å². The van der Waals surface area contributed by atoms with Gasteiger partial charge in [-0.25, -0.2) is 0 Å². The molecule has 2 atom stereocenters. The van der Waals surface area contributed by atoms with Crippen molar-refractivity contribution in [2.24, 2.45) is 5.92 Å². The molecule has 1 aliphatic carbocycles. The monoisotopic (exact) mass is 171 g/mol. The van der Waals surface area contributed by atoms with E-state index in [9.17, 15) is 0 Å². The van der Waals surface area contributed by atoms with Crippen LogP contribution in [0, 0.1) is 5.92 Å². The fourth-order valence-electron chi connectivity index (χ4n) is 2.24. The molecule has 1 rings (SSSR count). The Morgan fingerprint density at radius 1 is 1.25 bits per heavy atom. The molecule has 0 radical (unpaired) electrons. The van der Waals surface area contributed by atoms with Crippen molar-refractivity contribution in [1.29, 1.82) is 0 Å². The van der Waals surface area contributed by atoms with Crippen molar-refractivity contribution in [3.63, 3.8) is 0 Å². The highest BCUT2D eigenvalue weighted by Gasteiger charge is 2.61. The number of hydrogen-bond donors (Lipinski definition) is 1. The Morgan fingerprint density at radius 3 is 1.75 bits per heavy atom. The molecule has 0 heterocycles. The summed E-state index contributed by atoms with van der Waals surface area (Å²) in [6, 6.07) is 0.225. The van der Waals surface area contributed by atoms with E-state index in [1.807, 2.05) is 7.05 Å². The molecule has 0 amide bonds. The van der Waals surface area contributed by atoms with E-state index in [0.29, 0.717) is 5.92 Å². The second-order valence-corrected chi connectivity index (χ2v) is 3.46. The first kappa shape index (κ1) is 9.88. The maximum absolute atomic E-state index is 7.57. The SMILES string of the molecule is CNC1C(C)C1(N(C)[NH-])N(C)[NH-]. The zero-order chi connectivity index (χ0) is 9.52. The van der Waals surface area contributed by atoms with Crippen molar-refractivity contribution >= 4 is 0 Å². The molecular formula is C7H17N5-2. The lowest BCUT2D eigenvalue weighted by Gasteiger charge is -2.44. The molecule has 0 aromatic rings. The summed E-state index contributed by atoms with van der Waals surface area (Å²) in [5.41, 5.74) is -0.436. The van der Waals surface area contributed by atoms with Gasteiger partial charge < -0.3 is 27.0 Å². The second-order valence-electron chi connectivity index (χ2n) is 3.46. The summed E-state index contributed by atoms with van der Waals surface area (Å²) in [7, 11) is 5.26. The maximum atomic E-state index is 7.57. The molecule has 3 N–H and O–H groups in total. The van der Waals surface area contributed by atoms with Crippen LogP contribution < -0.4 is 5.32 Å². The maximum Gasteiger partial charge on any atom is 0.0601 e. The molecule has 2 unspecified atom stereocenters. The third-order valence-electron chi connectivity index (χ3n) is 2.90. The van der Waals surface area contributed by atoms with Crippen LogP contribution >= 0.6 is 0 Å². The molecule has 1 aliphatic rings. The second kappa shape index (κ2) is 2.93. The van der Waals surface area contributed by atoms with Crippen LogP contribution in [0.15, 0.2) is 0 Å². The first-order valence-electron chi connectivity index (χ1n) is 4.07. The van der Waals surface area contributed by atoms with Crippen LogP contribution in [-0.4, -0.2) is 42.9 Å². The molecule has 0 aliphatic heterocycles. The van der Waals surface area contributed by atoms with E-state index in [0.717, 1.165) is 0 Å². The average Bonchev–Trinajstić information content (AvgIpc) is 2.56. The minimum Gasteiger partial charge on any atom is -0.608 e. The number of rotatable bonds is 3. The summed E-state index contributed by atoms with van der Waals surface area (Å²) >= 11 is 0. The van der Waals surface area contributed by atoms with Crippen molar-refractivity contribution in [2.75, 3.05) is 21.1 Å². The third-order valence-corrected chi connectivity index (χ3v) is 2.90. The average molecular weight is 171 g/mol. The van der Waals surface area contributed by atoms with E-state index >= 15 is 0 Å². The minimum absolute atomic E-state index is 0.225. The van der Waals surface area contributed by atoms with Gasteiger partial charge in [-0.3, -0.25) is 0 Å². The summed E-state index contributed by atoms with van der Waals surface area (Å²) in [6.45, 7) is 2.05. The number of nitrogens with zero attached hydrogens (tertiary/aromatic N) is 2. The summed E-state index contributed by atoms with van der Waals surface area (Å²) in [6.07, 6.45) is 0. The van der Waals surface area contributed by atoms with Gasteiger partial charge >= 0.3 is 0 Å². The zero-order valence-corrected chi connectivity index (χ0v) is 8.05. The van der Waals surface area contributed by atoms with Gasteiger partial charge in [0, 0.05) is 12.0 Å². The largest absolute Gasteiger partial charge is 0.608 e. The Morgan fingerprint density at radius 2 is 1.67 bits per heavy atom. The Balaban J connectivity index is 2.79. The van der Waals surface area contributed by atoms with Crippen molar-refractivity contribution in [1.82, 2.24) is 15.3 Å². The van der Waals surface area contributed by atoms with E-state index in [2.05, 4.69) is 12.2 Å². The molecule has 0 aromatic carbocycles. The van der Waals surface area contributed by atoms with Crippen LogP contribution in [-0.2, 0) is 0 Å². The predicted molar refractivity (Wildman–Crippen MR) is 48.9 cm³/mol. The lowest BCUT2D eigenvalue weighted by atomic mass is 10.3. The highest BCUT2D eigenvalue weighted by molar-refractivity contribution is 5.20. The van der Waals surface area contributed by atoms with Crippen molar-refractivity contribution in [3.05, 3.63) is 11.7 Å². The van der Waals surface area contributed by atoms with Gasteiger partial charge in [-0.2, -0.15) is 0 Å². The fourth-order valence-corrected chi connectivity index (χ4v) is 2.24. The lowest BCUT2D eigenvalue weighted by molar-refractivity contribution is 0.119. The lowest BCUT2D eigenvalue weighted by Crippen LogP contribution is -2.46. The van der Waals surface area contributed by atoms with Gasteiger partial charge in [0.05, 0.1) is 5.66 Å². The van der Waals surface area contributed by atoms with Gasteiger partial charge in [-0.05, 0) is 21.1 Å². The summed E-state index contributed by atoms with van der Waals surface area (Å²) in [5.74, 6) is 15.5. The minimum atomic E-state index is -0.436. The molecule has 5 heteroatoms. The molecule has 0 saturated heterocycles. The topological polar surface area (TPSA) is 66.1 Å². The van der Waals surface area contributed by atoms with Crippen LogP contribution in [0.1, 0.15) is 6.92 Å². The molecule has 0 aromatic heterocycles. The van der Waals surface area contributed by atoms with Gasteiger partial charge in [0.15, 0.2) is 0 Å². The summed E-state index contributed by atoms with van der Waals surface area (Å²) < 4.78 is 0. The fraction of sp³-hybridized carbons (Fsp3) is 1.00. The zero-order valence-electron chi connectivity index (χ0n) is 8.05. The molecule has 12 heavy (non-hydrogen) atoms. The first-order valence-corrected chi connectivity index (χ1v) is 4.07. The van der Waals surface area contributed by atoms with Crippen molar-refractivity contribution in [3.8, 4) is 0 Å².